The number of aromatic hydroxyl groups is 1. The maximum Gasteiger partial charge on any atom is 0.339 e. The molecule has 26 heavy (non-hydrogen) atoms. The van der Waals surface area contributed by atoms with Gasteiger partial charge in [-0.2, -0.15) is 0 Å². The SMILES string of the molecule is CC(=O)Oc1ccc(S(=O)(=O)CCOc2ccc(C(=O)O)c(O)c2)cc1. The zero-order valence-electron chi connectivity index (χ0n) is 13.7. The summed E-state index contributed by atoms with van der Waals surface area (Å²) in [6.45, 7) is 1.04. The van der Waals surface area contributed by atoms with Gasteiger partial charge in [0.25, 0.3) is 0 Å². The molecule has 0 aliphatic rings. The second-order valence-corrected chi connectivity index (χ2v) is 7.33. The summed E-state index contributed by atoms with van der Waals surface area (Å²) < 4.78 is 34.6. The van der Waals surface area contributed by atoms with Crippen molar-refractivity contribution >= 4 is 21.8 Å². The number of sulfone groups is 1. The van der Waals surface area contributed by atoms with Crippen LogP contribution in [0.25, 0.3) is 0 Å². The Morgan fingerprint density at radius 2 is 1.65 bits per heavy atom. The first-order chi connectivity index (χ1) is 12.2. The van der Waals surface area contributed by atoms with Gasteiger partial charge in [-0.25, -0.2) is 13.2 Å². The van der Waals surface area contributed by atoms with Crippen molar-refractivity contribution in [2.45, 2.75) is 11.8 Å². The lowest BCUT2D eigenvalue weighted by molar-refractivity contribution is -0.131. The van der Waals surface area contributed by atoms with Crippen molar-refractivity contribution in [3.63, 3.8) is 0 Å². The molecule has 0 aliphatic carbocycles. The highest BCUT2D eigenvalue weighted by molar-refractivity contribution is 7.91. The molecular formula is C17H16O8S. The van der Waals surface area contributed by atoms with Crippen LogP contribution in [0.5, 0.6) is 17.2 Å². The van der Waals surface area contributed by atoms with Crippen LogP contribution in [-0.2, 0) is 14.6 Å². The van der Waals surface area contributed by atoms with Gasteiger partial charge in [0.05, 0.1) is 10.6 Å². The quantitative estimate of drug-likeness (QED) is 0.550. The average molecular weight is 380 g/mol. The second kappa shape index (κ2) is 7.87. The Bertz CT molecular complexity index is 916. The summed E-state index contributed by atoms with van der Waals surface area (Å²) in [5.74, 6) is -2.21. The van der Waals surface area contributed by atoms with E-state index in [4.69, 9.17) is 14.6 Å². The number of carboxylic acid groups (broad SMARTS) is 1. The molecular weight excluding hydrogens is 364 g/mol. The molecule has 2 N–H and O–H groups in total. The standard InChI is InChI=1S/C17H16O8S/c1-11(18)25-12-2-5-14(6-3-12)26(22,23)9-8-24-13-4-7-15(17(20)21)16(19)10-13/h2-7,10,19H,8-9H2,1H3,(H,20,21). The maximum absolute atomic E-state index is 12.3. The number of carboxylic acids is 1. The van der Waals surface area contributed by atoms with Gasteiger partial charge in [-0.05, 0) is 36.4 Å². The summed E-state index contributed by atoms with van der Waals surface area (Å²) in [7, 11) is -3.63. The minimum absolute atomic E-state index is 0.0427. The van der Waals surface area contributed by atoms with Crippen molar-refractivity contribution in [2.24, 2.45) is 0 Å². The van der Waals surface area contributed by atoms with E-state index in [1.807, 2.05) is 0 Å². The molecule has 8 nitrogen and oxygen atoms in total. The molecule has 0 unspecified atom stereocenters. The number of benzene rings is 2. The Morgan fingerprint density at radius 3 is 2.19 bits per heavy atom. The van der Waals surface area contributed by atoms with E-state index in [0.717, 1.165) is 12.1 Å². The molecule has 2 aromatic rings. The molecule has 2 aromatic carbocycles. The Hall–Kier alpha value is -3.07. The zero-order valence-corrected chi connectivity index (χ0v) is 14.5. The van der Waals surface area contributed by atoms with Crippen molar-refractivity contribution in [1.82, 2.24) is 0 Å². The van der Waals surface area contributed by atoms with E-state index in [1.165, 1.54) is 37.3 Å². The fraction of sp³-hybridized carbons (Fsp3) is 0.176. The number of hydrogen-bond donors (Lipinski definition) is 2. The van der Waals surface area contributed by atoms with Gasteiger partial charge >= 0.3 is 11.9 Å². The third-order valence-corrected chi connectivity index (χ3v) is 4.96. The highest BCUT2D eigenvalue weighted by atomic mass is 32.2. The monoisotopic (exact) mass is 380 g/mol. The van der Waals surface area contributed by atoms with E-state index in [2.05, 4.69) is 0 Å². The Labute approximate surface area is 149 Å². The number of esters is 1. The third kappa shape index (κ3) is 4.96. The van der Waals surface area contributed by atoms with Crippen molar-refractivity contribution in [3.05, 3.63) is 48.0 Å². The molecule has 0 atom stereocenters. The topological polar surface area (TPSA) is 127 Å². The van der Waals surface area contributed by atoms with Gasteiger partial charge < -0.3 is 19.7 Å². The second-order valence-electron chi connectivity index (χ2n) is 5.22. The van der Waals surface area contributed by atoms with E-state index in [0.29, 0.717) is 0 Å². The summed E-state index contributed by atoms with van der Waals surface area (Å²) in [6, 6.07) is 8.97. The fourth-order valence-electron chi connectivity index (χ4n) is 2.05. The molecule has 0 amide bonds. The molecule has 2 rings (SSSR count). The first kappa shape index (κ1) is 19.3. The molecule has 0 radical (unpaired) electrons. The summed E-state index contributed by atoms with van der Waals surface area (Å²) in [5.41, 5.74) is -0.280. The number of rotatable bonds is 7. The van der Waals surface area contributed by atoms with Crippen molar-refractivity contribution in [3.8, 4) is 17.2 Å². The summed E-state index contributed by atoms with van der Waals surface area (Å²) in [6.07, 6.45) is 0. The molecule has 0 spiro atoms. The van der Waals surface area contributed by atoms with Crippen LogP contribution in [0.4, 0.5) is 0 Å². The summed E-state index contributed by atoms with van der Waals surface area (Å²) in [5, 5.41) is 18.4. The number of carbonyl (C=O) groups excluding carboxylic acids is 1. The van der Waals surface area contributed by atoms with E-state index in [9.17, 15) is 23.1 Å². The van der Waals surface area contributed by atoms with Crippen LogP contribution in [0.3, 0.4) is 0 Å². The minimum atomic E-state index is -3.63. The summed E-state index contributed by atoms with van der Waals surface area (Å²) >= 11 is 0. The minimum Gasteiger partial charge on any atom is -0.507 e. The first-order valence-corrected chi connectivity index (χ1v) is 9.04. The molecule has 0 saturated carbocycles. The van der Waals surface area contributed by atoms with Gasteiger partial charge in [-0.1, -0.05) is 0 Å². The molecule has 0 saturated heterocycles. The predicted molar refractivity (Wildman–Crippen MR) is 90.4 cm³/mol. The molecule has 0 fully saturated rings. The van der Waals surface area contributed by atoms with Crippen molar-refractivity contribution in [2.75, 3.05) is 12.4 Å². The van der Waals surface area contributed by atoms with Crippen molar-refractivity contribution in [1.29, 1.82) is 0 Å². The highest BCUT2D eigenvalue weighted by Gasteiger charge is 2.16. The van der Waals surface area contributed by atoms with Gasteiger partial charge in [0.2, 0.25) is 0 Å². The van der Waals surface area contributed by atoms with Crippen LogP contribution in [0.15, 0.2) is 47.4 Å². The van der Waals surface area contributed by atoms with E-state index in [1.54, 1.807) is 0 Å². The number of hydrogen-bond acceptors (Lipinski definition) is 7. The summed E-state index contributed by atoms with van der Waals surface area (Å²) in [4.78, 5) is 21.7. The lowest BCUT2D eigenvalue weighted by Gasteiger charge is -2.09. The van der Waals surface area contributed by atoms with Crippen LogP contribution >= 0.6 is 0 Å². The van der Waals surface area contributed by atoms with Gasteiger partial charge in [-0.3, -0.25) is 4.79 Å². The Balaban J connectivity index is 1.99. The lowest BCUT2D eigenvalue weighted by Crippen LogP contribution is -2.14. The highest BCUT2D eigenvalue weighted by Crippen LogP contribution is 2.24. The van der Waals surface area contributed by atoms with E-state index in [-0.39, 0.29) is 34.3 Å². The smallest absolute Gasteiger partial charge is 0.339 e. The van der Waals surface area contributed by atoms with Crippen LogP contribution in [0.1, 0.15) is 17.3 Å². The largest absolute Gasteiger partial charge is 0.507 e. The van der Waals surface area contributed by atoms with Gasteiger partial charge in [-0.15, -0.1) is 0 Å². The molecule has 9 heteroatoms. The molecule has 138 valence electrons. The van der Waals surface area contributed by atoms with Crippen LogP contribution in [-0.4, -0.2) is 42.9 Å². The number of aromatic carboxylic acids is 1. The number of phenols is 1. The average Bonchev–Trinajstić information content (AvgIpc) is 2.54. The predicted octanol–water partition coefficient (Wildman–Crippen LogP) is 1.87. The first-order valence-electron chi connectivity index (χ1n) is 7.39. The Morgan fingerprint density at radius 1 is 1.04 bits per heavy atom. The Kier molecular flexibility index (Phi) is 5.83. The van der Waals surface area contributed by atoms with E-state index >= 15 is 0 Å². The van der Waals surface area contributed by atoms with Gasteiger partial charge in [0, 0.05) is 13.0 Å². The maximum atomic E-state index is 12.3. The molecule has 0 heterocycles. The molecule has 0 aliphatic heterocycles. The van der Waals surface area contributed by atoms with Gasteiger partial charge in [0.1, 0.15) is 29.4 Å². The van der Waals surface area contributed by atoms with Crippen molar-refractivity contribution < 1.29 is 37.7 Å². The third-order valence-electron chi connectivity index (χ3n) is 3.26. The molecule has 0 aromatic heterocycles. The zero-order chi connectivity index (χ0) is 19.3. The van der Waals surface area contributed by atoms with Crippen LogP contribution in [0, 0.1) is 0 Å². The fourth-order valence-corrected chi connectivity index (χ4v) is 3.14. The van der Waals surface area contributed by atoms with Crippen LogP contribution in [0.2, 0.25) is 0 Å². The number of carbonyl (C=O) groups is 2. The molecule has 0 bridgehead atoms. The van der Waals surface area contributed by atoms with E-state index < -0.39 is 27.5 Å². The van der Waals surface area contributed by atoms with Crippen LogP contribution < -0.4 is 9.47 Å². The lowest BCUT2D eigenvalue weighted by atomic mass is 10.2. The normalized spacial score (nSPS) is 11.0. The number of ether oxygens (including phenoxy) is 2. The van der Waals surface area contributed by atoms with Gasteiger partial charge in [0.15, 0.2) is 9.84 Å².